The molecule has 1 heterocycles. The minimum absolute atomic E-state index is 0.343. The van der Waals surface area contributed by atoms with Gasteiger partial charge < -0.3 is 10.2 Å². The quantitative estimate of drug-likeness (QED) is 0.798. The molecule has 2 rings (SSSR count). The van der Waals surface area contributed by atoms with Crippen molar-refractivity contribution in [2.45, 2.75) is 58.5 Å². The summed E-state index contributed by atoms with van der Waals surface area (Å²) < 4.78 is 0. The van der Waals surface area contributed by atoms with Crippen molar-refractivity contribution in [2.24, 2.45) is 11.8 Å². The van der Waals surface area contributed by atoms with Crippen molar-refractivity contribution in [1.29, 1.82) is 0 Å². The van der Waals surface area contributed by atoms with Crippen LogP contribution in [0, 0.1) is 11.8 Å². The highest BCUT2D eigenvalue weighted by molar-refractivity contribution is 5.77. The molecule has 0 bridgehead atoms. The lowest BCUT2D eigenvalue weighted by Gasteiger charge is -2.39. The third kappa shape index (κ3) is 3.01. The Bertz CT molecular complexity index is 279. The molecule has 0 aromatic heterocycles. The predicted molar refractivity (Wildman–Crippen MR) is 69.8 cm³/mol. The molecule has 1 saturated heterocycles. The van der Waals surface area contributed by atoms with Crippen LogP contribution in [0.5, 0.6) is 0 Å². The fourth-order valence-corrected chi connectivity index (χ4v) is 3.28. The second-order valence-electron chi connectivity index (χ2n) is 6.06. The molecule has 3 heteroatoms. The van der Waals surface area contributed by atoms with Gasteiger partial charge in [-0.3, -0.25) is 4.79 Å². The van der Waals surface area contributed by atoms with Gasteiger partial charge in [-0.15, -0.1) is 0 Å². The Balaban J connectivity index is 1.86. The molecular formula is C14H26N2O. The zero-order valence-corrected chi connectivity index (χ0v) is 11.4. The van der Waals surface area contributed by atoms with Crippen LogP contribution in [-0.4, -0.2) is 36.0 Å². The van der Waals surface area contributed by atoms with E-state index in [4.69, 9.17) is 0 Å². The van der Waals surface area contributed by atoms with Gasteiger partial charge >= 0.3 is 0 Å². The predicted octanol–water partition coefficient (Wildman–Crippen LogP) is 2.02. The van der Waals surface area contributed by atoms with Crippen molar-refractivity contribution in [3.05, 3.63) is 0 Å². The molecule has 4 unspecified atom stereocenters. The molecule has 0 spiro atoms. The zero-order chi connectivity index (χ0) is 12.4. The fraction of sp³-hybridized carbons (Fsp3) is 0.929. The number of hydrogen-bond acceptors (Lipinski definition) is 2. The van der Waals surface area contributed by atoms with Crippen molar-refractivity contribution in [3.63, 3.8) is 0 Å². The van der Waals surface area contributed by atoms with Crippen molar-refractivity contribution in [3.8, 4) is 0 Å². The Morgan fingerprint density at radius 1 is 1.29 bits per heavy atom. The lowest BCUT2D eigenvalue weighted by molar-refractivity contribution is -0.135. The molecule has 17 heavy (non-hydrogen) atoms. The molecule has 0 aromatic carbocycles. The van der Waals surface area contributed by atoms with E-state index in [-0.39, 0.29) is 0 Å². The summed E-state index contributed by atoms with van der Waals surface area (Å²) in [7, 11) is 0. The average Bonchev–Trinajstić information content (AvgIpc) is 2.68. The topological polar surface area (TPSA) is 32.3 Å². The van der Waals surface area contributed by atoms with Crippen molar-refractivity contribution >= 4 is 5.91 Å². The number of amides is 1. The summed E-state index contributed by atoms with van der Waals surface area (Å²) in [6.07, 6.45) is 4.59. The first-order chi connectivity index (χ1) is 8.08. The molecule has 1 aliphatic carbocycles. The van der Waals surface area contributed by atoms with Gasteiger partial charge in [0.2, 0.25) is 5.91 Å². The van der Waals surface area contributed by atoms with Gasteiger partial charge in [0.15, 0.2) is 0 Å². The SMILES string of the molecule is CC1CCC(CC(=O)N2CCNC(C)C2C)C1. The first-order valence-corrected chi connectivity index (χ1v) is 7.10. The smallest absolute Gasteiger partial charge is 0.223 e. The Hall–Kier alpha value is -0.570. The number of piperazine rings is 1. The Morgan fingerprint density at radius 2 is 2.06 bits per heavy atom. The van der Waals surface area contributed by atoms with Crippen LogP contribution in [-0.2, 0) is 4.79 Å². The number of nitrogens with zero attached hydrogens (tertiary/aromatic N) is 1. The average molecular weight is 238 g/mol. The number of nitrogens with one attached hydrogen (secondary N) is 1. The fourth-order valence-electron chi connectivity index (χ4n) is 3.28. The van der Waals surface area contributed by atoms with Gasteiger partial charge in [-0.2, -0.15) is 0 Å². The maximum Gasteiger partial charge on any atom is 0.223 e. The maximum absolute atomic E-state index is 12.3. The van der Waals surface area contributed by atoms with Crippen LogP contribution >= 0.6 is 0 Å². The monoisotopic (exact) mass is 238 g/mol. The van der Waals surface area contributed by atoms with Crippen LogP contribution in [0.1, 0.15) is 46.5 Å². The van der Waals surface area contributed by atoms with Crippen LogP contribution in [0.2, 0.25) is 0 Å². The summed E-state index contributed by atoms with van der Waals surface area (Å²) in [5.74, 6) is 1.85. The molecule has 1 saturated carbocycles. The van der Waals surface area contributed by atoms with Gasteiger partial charge in [0, 0.05) is 31.6 Å². The number of carbonyl (C=O) groups excluding carboxylic acids is 1. The third-order valence-electron chi connectivity index (χ3n) is 4.62. The number of rotatable bonds is 2. The highest BCUT2D eigenvalue weighted by Gasteiger charge is 2.31. The van der Waals surface area contributed by atoms with E-state index in [0.29, 0.717) is 23.9 Å². The first kappa shape index (κ1) is 12.9. The summed E-state index contributed by atoms with van der Waals surface area (Å²) in [5.41, 5.74) is 0. The van der Waals surface area contributed by atoms with E-state index in [2.05, 4.69) is 31.0 Å². The minimum Gasteiger partial charge on any atom is -0.337 e. The standard InChI is InChI=1S/C14H26N2O/c1-10-4-5-13(8-10)9-14(17)16-7-6-15-11(2)12(16)3/h10-13,15H,4-9H2,1-3H3. The third-order valence-corrected chi connectivity index (χ3v) is 4.62. The molecule has 98 valence electrons. The zero-order valence-electron chi connectivity index (χ0n) is 11.4. The Morgan fingerprint density at radius 3 is 2.71 bits per heavy atom. The second-order valence-corrected chi connectivity index (χ2v) is 6.06. The van der Waals surface area contributed by atoms with Gasteiger partial charge in [0.25, 0.3) is 0 Å². The highest BCUT2D eigenvalue weighted by atomic mass is 16.2. The molecule has 2 fully saturated rings. The van der Waals surface area contributed by atoms with E-state index >= 15 is 0 Å². The first-order valence-electron chi connectivity index (χ1n) is 7.10. The molecule has 3 nitrogen and oxygen atoms in total. The number of hydrogen-bond donors (Lipinski definition) is 1. The summed E-state index contributed by atoms with van der Waals surface area (Å²) >= 11 is 0. The van der Waals surface area contributed by atoms with Crippen molar-refractivity contribution < 1.29 is 4.79 Å². The normalized spacial score (nSPS) is 38.4. The van der Waals surface area contributed by atoms with Crippen LogP contribution in [0.4, 0.5) is 0 Å². The Kier molecular flexibility index (Phi) is 4.08. The van der Waals surface area contributed by atoms with Crippen LogP contribution in [0.3, 0.4) is 0 Å². The Labute approximate surface area is 105 Å². The van der Waals surface area contributed by atoms with Gasteiger partial charge in [0.05, 0.1) is 0 Å². The van der Waals surface area contributed by atoms with Crippen molar-refractivity contribution in [1.82, 2.24) is 10.2 Å². The summed E-state index contributed by atoms with van der Waals surface area (Å²) in [5, 5.41) is 3.42. The molecule has 0 radical (unpaired) electrons. The maximum atomic E-state index is 12.3. The molecular weight excluding hydrogens is 212 g/mol. The molecule has 2 aliphatic rings. The van der Waals surface area contributed by atoms with E-state index in [1.807, 2.05) is 0 Å². The molecule has 0 aromatic rings. The molecule has 4 atom stereocenters. The van der Waals surface area contributed by atoms with E-state index in [1.54, 1.807) is 0 Å². The summed E-state index contributed by atoms with van der Waals surface area (Å²) in [6, 6.07) is 0.769. The largest absolute Gasteiger partial charge is 0.337 e. The van der Waals surface area contributed by atoms with Crippen LogP contribution in [0.15, 0.2) is 0 Å². The highest BCUT2D eigenvalue weighted by Crippen LogP contribution is 2.33. The number of carbonyl (C=O) groups is 1. The second kappa shape index (κ2) is 5.38. The lowest BCUT2D eigenvalue weighted by Crippen LogP contribution is -2.57. The van der Waals surface area contributed by atoms with Crippen molar-refractivity contribution in [2.75, 3.05) is 13.1 Å². The van der Waals surface area contributed by atoms with E-state index in [1.165, 1.54) is 19.3 Å². The molecule has 1 amide bonds. The molecule has 1 aliphatic heterocycles. The van der Waals surface area contributed by atoms with Gasteiger partial charge in [-0.05, 0) is 38.5 Å². The van der Waals surface area contributed by atoms with Gasteiger partial charge in [-0.1, -0.05) is 13.3 Å². The summed E-state index contributed by atoms with van der Waals surface area (Å²) in [4.78, 5) is 14.4. The van der Waals surface area contributed by atoms with E-state index in [9.17, 15) is 4.79 Å². The van der Waals surface area contributed by atoms with Gasteiger partial charge in [0.1, 0.15) is 0 Å². The minimum atomic E-state index is 0.343. The van der Waals surface area contributed by atoms with Crippen LogP contribution < -0.4 is 5.32 Å². The van der Waals surface area contributed by atoms with E-state index in [0.717, 1.165) is 25.4 Å². The van der Waals surface area contributed by atoms with Gasteiger partial charge in [-0.25, -0.2) is 0 Å². The lowest BCUT2D eigenvalue weighted by atomic mass is 9.99. The molecule has 1 N–H and O–H groups in total. The van der Waals surface area contributed by atoms with E-state index < -0.39 is 0 Å². The summed E-state index contributed by atoms with van der Waals surface area (Å²) in [6.45, 7) is 8.46. The van der Waals surface area contributed by atoms with Crippen LogP contribution in [0.25, 0.3) is 0 Å².